The highest BCUT2D eigenvalue weighted by molar-refractivity contribution is 5.97. The lowest BCUT2D eigenvalue weighted by Gasteiger charge is -2.36. The lowest BCUT2D eigenvalue weighted by Crippen LogP contribution is -2.41. The van der Waals surface area contributed by atoms with E-state index in [-0.39, 0.29) is 29.4 Å². The van der Waals surface area contributed by atoms with Crippen LogP contribution >= 0.6 is 0 Å². The lowest BCUT2D eigenvalue weighted by molar-refractivity contribution is -0.140. The van der Waals surface area contributed by atoms with Crippen LogP contribution in [0.1, 0.15) is 64.4 Å². The van der Waals surface area contributed by atoms with Gasteiger partial charge in [-0.1, -0.05) is 13.8 Å². The van der Waals surface area contributed by atoms with Crippen molar-refractivity contribution in [3.63, 3.8) is 0 Å². The number of carbonyl (C=O) groups excluding carboxylic acids is 2. The molecule has 2 aromatic rings. The zero-order valence-corrected chi connectivity index (χ0v) is 20.2. The Balaban J connectivity index is 1.47. The average Bonchev–Trinajstić information content (AvgIpc) is 3.10. The molecule has 2 aliphatic rings. The van der Waals surface area contributed by atoms with Crippen LogP contribution in [-0.4, -0.2) is 48.0 Å². The number of esters is 1. The third-order valence-corrected chi connectivity index (χ3v) is 6.91. The average molecular weight is 512 g/mol. The van der Waals surface area contributed by atoms with E-state index in [9.17, 15) is 27.2 Å². The Kier molecular flexibility index (Phi) is 7.40. The molecule has 0 unspecified atom stereocenters. The number of fused-ring (bicyclic) bond motifs is 1. The van der Waals surface area contributed by atoms with E-state index < -0.39 is 23.5 Å². The molecule has 2 aliphatic heterocycles. The Morgan fingerprint density at radius 3 is 2.67 bits per heavy atom. The summed E-state index contributed by atoms with van der Waals surface area (Å²) < 4.78 is 64.7. The van der Waals surface area contributed by atoms with Crippen LogP contribution in [0.4, 0.5) is 17.6 Å². The summed E-state index contributed by atoms with van der Waals surface area (Å²) >= 11 is 0. The van der Waals surface area contributed by atoms with Crippen molar-refractivity contribution < 1.29 is 36.6 Å². The topological polar surface area (TPSA) is 82.5 Å². The van der Waals surface area contributed by atoms with Crippen LogP contribution in [-0.2, 0) is 35.0 Å². The molecule has 1 aromatic heterocycles. The summed E-state index contributed by atoms with van der Waals surface area (Å²) in [5.41, 5.74) is 0.314. The lowest BCUT2D eigenvalue weighted by atomic mass is 9.76. The van der Waals surface area contributed by atoms with Crippen LogP contribution in [0.5, 0.6) is 0 Å². The Bertz CT molecular complexity index is 1140. The molecule has 196 valence electrons. The summed E-state index contributed by atoms with van der Waals surface area (Å²) in [5.74, 6) is -2.81. The van der Waals surface area contributed by atoms with Crippen molar-refractivity contribution in [3.05, 3.63) is 52.1 Å². The Morgan fingerprint density at radius 1 is 1.31 bits per heavy atom. The van der Waals surface area contributed by atoms with Crippen molar-refractivity contribution in [2.45, 2.75) is 52.3 Å². The molecule has 7 nitrogen and oxygen atoms in total. The molecule has 1 atom stereocenters. The van der Waals surface area contributed by atoms with Gasteiger partial charge in [0, 0.05) is 32.2 Å². The summed E-state index contributed by atoms with van der Waals surface area (Å²) in [6.07, 6.45) is -1.93. The van der Waals surface area contributed by atoms with Crippen molar-refractivity contribution in [1.29, 1.82) is 0 Å². The molecule has 4 rings (SSSR count). The number of hydrogen-bond acceptors (Lipinski definition) is 5. The van der Waals surface area contributed by atoms with Gasteiger partial charge in [-0.2, -0.15) is 18.3 Å². The number of nitrogens with one attached hydrogen (secondary N) is 1. The molecule has 36 heavy (non-hydrogen) atoms. The number of aromatic nitrogens is 2. The number of alkyl halides is 3. The highest BCUT2D eigenvalue weighted by Gasteiger charge is 2.40. The van der Waals surface area contributed by atoms with E-state index in [0.29, 0.717) is 62.5 Å². The minimum absolute atomic E-state index is 0.0528. The first-order valence-electron chi connectivity index (χ1n) is 12.0. The first-order chi connectivity index (χ1) is 17.0. The molecule has 1 aromatic carbocycles. The van der Waals surface area contributed by atoms with E-state index in [2.05, 4.69) is 10.4 Å². The van der Waals surface area contributed by atoms with Crippen LogP contribution in [0.3, 0.4) is 0 Å². The van der Waals surface area contributed by atoms with Gasteiger partial charge in [-0.3, -0.25) is 9.48 Å². The first kappa shape index (κ1) is 26.1. The zero-order chi connectivity index (χ0) is 26.1. The van der Waals surface area contributed by atoms with Crippen molar-refractivity contribution >= 4 is 11.9 Å². The van der Waals surface area contributed by atoms with Crippen molar-refractivity contribution in [2.75, 3.05) is 26.4 Å². The second-order valence-electron chi connectivity index (χ2n) is 9.67. The second-order valence-corrected chi connectivity index (χ2v) is 9.67. The summed E-state index contributed by atoms with van der Waals surface area (Å²) in [6, 6.07) is 1.95. The quantitative estimate of drug-likeness (QED) is 0.465. The third-order valence-electron chi connectivity index (χ3n) is 6.91. The number of halogens is 4. The van der Waals surface area contributed by atoms with Crippen LogP contribution in [0.15, 0.2) is 18.2 Å². The predicted molar refractivity (Wildman–Crippen MR) is 121 cm³/mol. The standard InChI is InChI=1S/C25H29F4N3O4/c1-3-19-21-20(11-24(14-30-22(21)33)6-8-35-9-7-24)32(31-19)12-15(2)13-36-23(34)16-4-5-17(18(26)10-16)25(27,28)29/h4-5,10,15H,3,6-9,11-14H2,1-2H3,(H,30,33)/t15-/m1/s1. The second kappa shape index (κ2) is 10.2. The van der Waals surface area contributed by atoms with Crippen molar-refractivity contribution in [1.82, 2.24) is 15.1 Å². The molecule has 1 fully saturated rings. The molecule has 1 spiro atoms. The van der Waals surface area contributed by atoms with E-state index in [1.54, 1.807) is 0 Å². The summed E-state index contributed by atoms with van der Waals surface area (Å²) in [6.45, 7) is 5.93. The smallest absolute Gasteiger partial charge is 0.419 e. The maximum atomic E-state index is 13.8. The SMILES string of the molecule is CCc1nn(C[C@@H](C)COC(=O)c2ccc(C(F)(F)F)c(F)c2)c2c1C(=O)NCC1(CCOCC1)C2. The van der Waals surface area contributed by atoms with Gasteiger partial charge < -0.3 is 14.8 Å². The van der Waals surface area contributed by atoms with Gasteiger partial charge in [-0.15, -0.1) is 0 Å². The summed E-state index contributed by atoms with van der Waals surface area (Å²) in [7, 11) is 0. The molecule has 0 bridgehead atoms. The van der Waals surface area contributed by atoms with E-state index in [1.165, 1.54) is 0 Å². The normalized spacial score (nSPS) is 18.3. The van der Waals surface area contributed by atoms with Gasteiger partial charge in [0.2, 0.25) is 0 Å². The largest absolute Gasteiger partial charge is 0.462 e. The molecule has 0 aliphatic carbocycles. The third kappa shape index (κ3) is 5.40. The molecule has 1 amide bonds. The van der Waals surface area contributed by atoms with Gasteiger partial charge in [0.1, 0.15) is 5.82 Å². The summed E-state index contributed by atoms with van der Waals surface area (Å²) in [4.78, 5) is 25.3. The number of nitrogens with zero attached hydrogens (tertiary/aromatic N) is 2. The van der Waals surface area contributed by atoms with E-state index in [4.69, 9.17) is 9.47 Å². The molecule has 11 heteroatoms. The van der Waals surface area contributed by atoms with Crippen LogP contribution < -0.4 is 5.32 Å². The zero-order valence-electron chi connectivity index (χ0n) is 20.2. The highest BCUT2D eigenvalue weighted by Crippen LogP contribution is 2.37. The van der Waals surface area contributed by atoms with Gasteiger partial charge in [-0.25, -0.2) is 9.18 Å². The molecule has 3 heterocycles. The first-order valence-corrected chi connectivity index (χ1v) is 12.0. The fraction of sp³-hybridized carbons (Fsp3) is 0.560. The van der Waals surface area contributed by atoms with Crippen LogP contribution in [0.25, 0.3) is 0 Å². The molecule has 0 radical (unpaired) electrons. The van der Waals surface area contributed by atoms with Gasteiger partial charge in [0.05, 0.1) is 34.7 Å². The fourth-order valence-corrected chi connectivity index (χ4v) is 4.84. The minimum atomic E-state index is -4.85. The number of carbonyl (C=O) groups is 2. The van der Waals surface area contributed by atoms with Gasteiger partial charge in [0.15, 0.2) is 0 Å². The van der Waals surface area contributed by atoms with Gasteiger partial charge in [-0.05, 0) is 49.3 Å². The van der Waals surface area contributed by atoms with E-state index in [1.807, 2.05) is 18.5 Å². The Morgan fingerprint density at radius 2 is 2.03 bits per heavy atom. The number of hydrogen-bond donors (Lipinski definition) is 1. The number of aryl methyl sites for hydroxylation is 1. The van der Waals surface area contributed by atoms with Gasteiger partial charge >= 0.3 is 12.1 Å². The molecule has 1 N–H and O–H groups in total. The van der Waals surface area contributed by atoms with E-state index >= 15 is 0 Å². The maximum Gasteiger partial charge on any atom is 0.419 e. The van der Waals surface area contributed by atoms with Crippen molar-refractivity contribution in [3.8, 4) is 0 Å². The number of ether oxygens (including phenoxy) is 2. The molecular weight excluding hydrogens is 482 g/mol. The van der Waals surface area contributed by atoms with Crippen LogP contribution in [0.2, 0.25) is 0 Å². The maximum absolute atomic E-state index is 13.8. The summed E-state index contributed by atoms with van der Waals surface area (Å²) in [5, 5.41) is 7.74. The molecule has 0 saturated carbocycles. The van der Waals surface area contributed by atoms with Crippen molar-refractivity contribution in [2.24, 2.45) is 11.3 Å². The molecular formula is C25H29F4N3O4. The number of benzene rings is 1. The predicted octanol–water partition coefficient (Wildman–Crippen LogP) is 4.18. The minimum Gasteiger partial charge on any atom is -0.462 e. The van der Waals surface area contributed by atoms with Gasteiger partial charge in [0.25, 0.3) is 5.91 Å². The fourth-order valence-electron chi connectivity index (χ4n) is 4.84. The Hall–Kier alpha value is -2.95. The van der Waals surface area contributed by atoms with Crippen LogP contribution in [0, 0.1) is 17.2 Å². The van der Waals surface area contributed by atoms with E-state index in [0.717, 1.165) is 24.6 Å². The number of amides is 1. The number of rotatable bonds is 6. The highest BCUT2D eigenvalue weighted by atomic mass is 19.4. The Labute approximate surface area is 206 Å². The monoisotopic (exact) mass is 511 g/mol. The molecule has 1 saturated heterocycles.